The number of aromatic nitrogens is 2. The molecular weight excluding hydrogens is 294 g/mol. The Balaban J connectivity index is 2.33. The molecule has 1 fully saturated rings. The van der Waals surface area contributed by atoms with Crippen LogP contribution in [0.2, 0.25) is 0 Å². The Hall–Kier alpha value is -0.390. The molecule has 2 atom stereocenters. The van der Waals surface area contributed by atoms with E-state index in [2.05, 4.69) is 28.0 Å². The van der Waals surface area contributed by atoms with Gasteiger partial charge in [0.15, 0.2) is 0 Å². The zero-order valence-electron chi connectivity index (χ0n) is 11.1. The highest BCUT2D eigenvalue weighted by molar-refractivity contribution is 9.10. The molecule has 4 nitrogen and oxygen atoms in total. The number of nitrogens with zero attached hydrogens (tertiary/aromatic N) is 2. The lowest BCUT2D eigenvalue weighted by atomic mass is 9.79. The van der Waals surface area contributed by atoms with Gasteiger partial charge in [-0.3, -0.25) is 4.68 Å². The first-order chi connectivity index (χ1) is 8.54. The molecule has 0 bridgehead atoms. The predicted molar refractivity (Wildman–Crippen MR) is 75.4 cm³/mol. The lowest BCUT2D eigenvalue weighted by Crippen LogP contribution is -2.40. The molecule has 0 aromatic carbocycles. The van der Waals surface area contributed by atoms with E-state index in [0.29, 0.717) is 6.54 Å². The van der Waals surface area contributed by atoms with Crippen molar-refractivity contribution < 1.29 is 5.11 Å². The Morgan fingerprint density at radius 2 is 2.33 bits per heavy atom. The summed E-state index contributed by atoms with van der Waals surface area (Å²) in [5.74, 6) is 0. The average molecular weight is 316 g/mol. The van der Waals surface area contributed by atoms with Crippen LogP contribution in [0.15, 0.2) is 4.47 Å². The molecule has 0 radical (unpaired) electrons. The lowest BCUT2D eigenvalue weighted by molar-refractivity contribution is 0.0572. The summed E-state index contributed by atoms with van der Waals surface area (Å²) >= 11 is 3.62. The topological polar surface area (TPSA) is 64.1 Å². The van der Waals surface area contributed by atoms with Crippen molar-refractivity contribution in [2.24, 2.45) is 11.1 Å². The van der Waals surface area contributed by atoms with Crippen LogP contribution in [-0.4, -0.2) is 27.5 Å². The molecule has 0 saturated heterocycles. The van der Waals surface area contributed by atoms with Crippen molar-refractivity contribution in [2.45, 2.75) is 52.2 Å². The highest BCUT2D eigenvalue weighted by Crippen LogP contribution is 2.41. The maximum absolute atomic E-state index is 10.2. The lowest BCUT2D eigenvalue weighted by Gasteiger charge is -2.31. The van der Waals surface area contributed by atoms with Crippen molar-refractivity contribution in [3.63, 3.8) is 0 Å². The quantitative estimate of drug-likeness (QED) is 0.893. The van der Waals surface area contributed by atoms with Gasteiger partial charge in [0.25, 0.3) is 0 Å². The summed E-state index contributed by atoms with van der Waals surface area (Å²) in [6.07, 6.45) is 3.46. The van der Waals surface area contributed by atoms with E-state index in [1.165, 1.54) is 5.69 Å². The molecule has 18 heavy (non-hydrogen) atoms. The molecule has 102 valence electrons. The van der Waals surface area contributed by atoms with E-state index >= 15 is 0 Å². The summed E-state index contributed by atoms with van der Waals surface area (Å²) in [6, 6.07) is 0. The molecule has 0 amide bonds. The fourth-order valence-electron chi connectivity index (χ4n) is 3.01. The zero-order valence-corrected chi connectivity index (χ0v) is 12.7. The van der Waals surface area contributed by atoms with E-state index in [-0.39, 0.29) is 11.5 Å². The Morgan fingerprint density at radius 3 is 2.83 bits per heavy atom. The van der Waals surface area contributed by atoms with Crippen LogP contribution < -0.4 is 5.73 Å². The number of rotatable bonds is 4. The van der Waals surface area contributed by atoms with E-state index in [0.717, 1.165) is 42.4 Å². The number of hydrogen-bond acceptors (Lipinski definition) is 3. The largest absolute Gasteiger partial charge is 0.392 e. The summed E-state index contributed by atoms with van der Waals surface area (Å²) in [4.78, 5) is 0. The van der Waals surface area contributed by atoms with Gasteiger partial charge >= 0.3 is 0 Å². The molecule has 1 saturated carbocycles. The van der Waals surface area contributed by atoms with Crippen LogP contribution in [0, 0.1) is 12.3 Å². The van der Waals surface area contributed by atoms with Gasteiger partial charge in [0.2, 0.25) is 0 Å². The van der Waals surface area contributed by atoms with Crippen molar-refractivity contribution >= 4 is 15.9 Å². The number of aliphatic hydroxyl groups excluding tert-OH is 1. The second-order valence-electron chi connectivity index (χ2n) is 5.31. The van der Waals surface area contributed by atoms with E-state index in [9.17, 15) is 5.11 Å². The maximum Gasteiger partial charge on any atom is 0.0738 e. The van der Waals surface area contributed by atoms with Crippen LogP contribution in [0.25, 0.3) is 0 Å². The molecule has 1 aromatic heterocycles. The fourth-order valence-corrected chi connectivity index (χ4v) is 3.43. The highest BCUT2D eigenvalue weighted by Gasteiger charge is 2.42. The zero-order chi connectivity index (χ0) is 13.3. The standard InChI is InChI=1S/C13H22BrN3O/c1-3-17-10(12(14)9(2)16-17)7-13(8-15)6-4-5-11(13)18/h11,18H,3-8,15H2,1-2H3. The summed E-state index contributed by atoms with van der Waals surface area (Å²) in [5.41, 5.74) is 7.96. The van der Waals surface area contributed by atoms with Gasteiger partial charge in [0.05, 0.1) is 22.0 Å². The molecule has 1 heterocycles. The average Bonchev–Trinajstić information content (AvgIpc) is 2.85. The third-order valence-electron chi connectivity index (χ3n) is 4.24. The molecule has 0 aliphatic heterocycles. The van der Waals surface area contributed by atoms with Crippen LogP contribution in [-0.2, 0) is 13.0 Å². The molecular formula is C13H22BrN3O. The van der Waals surface area contributed by atoms with Gasteiger partial charge in [-0.15, -0.1) is 0 Å². The molecule has 0 spiro atoms. The van der Waals surface area contributed by atoms with E-state index in [1.807, 2.05) is 11.6 Å². The number of aliphatic hydroxyl groups is 1. The summed E-state index contributed by atoms with van der Waals surface area (Å²) in [7, 11) is 0. The maximum atomic E-state index is 10.2. The first kappa shape index (κ1) is 14.0. The van der Waals surface area contributed by atoms with Gasteiger partial charge in [0, 0.05) is 18.5 Å². The molecule has 2 rings (SSSR count). The predicted octanol–water partition coefficient (Wildman–Crippen LogP) is 2.01. The van der Waals surface area contributed by atoms with Gasteiger partial charge in [-0.1, -0.05) is 6.42 Å². The number of aryl methyl sites for hydroxylation is 2. The SMILES string of the molecule is CCn1nc(C)c(Br)c1CC1(CN)CCCC1O. The van der Waals surface area contributed by atoms with Crippen LogP contribution in [0.5, 0.6) is 0 Å². The monoisotopic (exact) mass is 315 g/mol. The van der Waals surface area contributed by atoms with Crippen LogP contribution in [0.4, 0.5) is 0 Å². The van der Waals surface area contributed by atoms with Crippen LogP contribution in [0.1, 0.15) is 37.6 Å². The third kappa shape index (κ3) is 2.24. The molecule has 5 heteroatoms. The second kappa shape index (κ2) is 5.31. The van der Waals surface area contributed by atoms with Gasteiger partial charge in [-0.25, -0.2) is 0 Å². The number of nitrogens with two attached hydrogens (primary N) is 1. The van der Waals surface area contributed by atoms with Crippen LogP contribution in [0.3, 0.4) is 0 Å². The van der Waals surface area contributed by atoms with Crippen molar-refractivity contribution in [1.82, 2.24) is 9.78 Å². The second-order valence-corrected chi connectivity index (χ2v) is 6.11. The van der Waals surface area contributed by atoms with Gasteiger partial charge < -0.3 is 10.8 Å². The van der Waals surface area contributed by atoms with E-state index < -0.39 is 0 Å². The van der Waals surface area contributed by atoms with E-state index in [1.54, 1.807) is 0 Å². The third-order valence-corrected chi connectivity index (χ3v) is 5.27. The van der Waals surface area contributed by atoms with Gasteiger partial charge in [-0.2, -0.15) is 5.10 Å². The smallest absolute Gasteiger partial charge is 0.0738 e. The first-order valence-electron chi connectivity index (χ1n) is 6.64. The van der Waals surface area contributed by atoms with Crippen molar-refractivity contribution in [2.75, 3.05) is 6.54 Å². The fraction of sp³-hybridized carbons (Fsp3) is 0.769. The molecule has 1 aromatic rings. The minimum atomic E-state index is -0.282. The molecule has 1 aliphatic carbocycles. The normalized spacial score (nSPS) is 27.9. The Kier molecular flexibility index (Phi) is 4.14. The number of halogens is 1. The number of hydrogen-bond donors (Lipinski definition) is 2. The molecule has 2 unspecified atom stereocenters. The van der Waals surface area contributed by atoms with Crippen molar-refractivity contribution in [3.8, 4) is 0 Å². The Labute approximate surface area is 117 Å². The molecule has 1 aliphatic rings. The minimum absolute atomic E-state index is 0.165. The molecule has 3 N–H and O–H groups in total. The summed E-state index contributed by atoms with van der Waals surface area (Å²) in [6.45, 7) is 5.47. The summed E-state index contributed by atoms with van der Waals surface area (Å²) < 4.78 is 3.08. The minimum Gasteiger partial charge on any atom is -0.392 e. The Bertz CT molecular complexity index is 432. The van der Waals surface area contributed by atoms with Gasteiger partial charge in [-0.05, 0) is 49.0 Å². The summed E-state index contributed by atoms with van der Waals surface area (Å²) in [5, 5.41) is 14.7. The Morgan fingerprint density at radius 1 is 1.61 bits per heavy atom. The van der Waals surface area contributed by atoms with E-state index in [4.69, 9.17) is 5.73 Å². The van der Waals surface area contributed by atoms with Crippen molar-refractivity contribution in [3.05, 3.63) is 15.9 Å². The first-order valence-corrected chi connectivity index (χ1v) is 7.43. The highest BCUT2D eigenvalue weighted by atomic mass is 79.9. The van der Waals surface area contributed by atoms with Crippen LogP contribution >= 0.6 is 15.9 Å². The van der Waals surface area contributed by atoms with Crippen molar-refractivity contribution in [1.29, 1.82) is 0 Å². The van der Waals surface area contributed by atoms with Gasteiger partial charge in [0.1, 0.15) is 0 Å².